The molecule has 2 aliphatic rings. The van der Waals surface area contributed by atoms with Crippen LogP contribution in [-0.4, -0.2) is 38.2 Å². The van der Waals surface area contributed by atoms with Gasteiger partial charge in [-0.25, -0.2) is 0 Å². The van der Waals surface area contributed by atoms with E-state index in [0.717, 1.165) is 13.0 Å². The van der Waals surface area contributed by atoms with Crippen LogP contribution in [0.4, 0.5) is 0 Å². The summed E-state index contributed by atoms with van der Waals surface area (Å²) in [6.07, 6.45) is 8.92. The number of hydrogen-bond donors (Lipinski definition) is 2. The molecule has 1 heterocycles. The van der Waals surface area contributed by atoms with Crippen LogP contribution < -0.4 is 5.32 Å². The van der Waals surface area contributed by atoms with Crippen molar-refractivity contribution in [3.63, 3.8) is 0 Å². The molecule has 0 unspecified atom stereocenters. The first-order chi connectivity index (χ1) is 11.1. The molecule has 1 spiro atoms. The molecule has 0 amide bonds. The number of piperidine rings is 1. The maximum Gasteiger partial charge on any atom is 0.191 e. The molecule has 0 aromatic heterocycles. The molecule has 1 aliphatic heterocycles. The molecule has 0 radical (unpaired) electrons. The number of rotatable bonds is 6. The van der Waals surface area contributed by atoms with Crippen molar-refractivity contribution in [1.82, 2.24) is 5.32 Å². The second-order valence-corrected chi connectivity index (χ2v) is 14.8. The Labute approximate surface area is 151 Å². The lowest BCUT2D eigenvalue weighted by Gasteiger charge is -2.46. The average Bonchev–Trinajstić information content (AvgIpc) is 2.88. The standard InChI is InChI=1S/C20H41NO2Si/c1-16(15-22)18-10-8-13-20(18)12-7-9-17(21-20)11-14-23-24(5,6)19(2,3)4/h16-18,21-22H,7-15H2,1-6H3/t16-,17-,18-,20-/m1/s1. The van der Waals surface area contributed by atoms with Gasteiger partial charge >= 0.3 is 0 Å². The Morgan fingerprint density at radius 2 is 1.83 bits per heavy atom. The molecule has 4 atom stereocenters. The number of aliphatic hydroxyl groups is 1. The largest absolute Gasteiger partial charge is 0.417 e. The summed E-state index contributed by atoms with van der Waals surface area (Å²) in [6.45, 7) is 15.1. The van der Waals surface area contributed by atoms with Gasteiger partial charge in [0.15, 0.2) is 8.32 Å². The van der Waals surface area contributed by atoms with Crippen LogP contribution in [0.5, 0.6) is 0 Å². The van der Waals surface area contributed by atoms with Crippen molar-refractivity contribution in [2.45, 2.75) is 102 Å². The van der Waals surface area contributed by atoms with Gasteiger partial charge in [0.2, 0.25) is 0 Å². The van der Waals surface area contributed by atoms with Gasteiger partial charge in [-0.1, -0.05) is 40.5 Å². The first kappa shape index (κ1) is 20.4. The number of hydrogen-bond acceptors (Lipinski definition) is 3. The van der Waals surface area contributed by atoms with Crippen molar-refractivity contribution in [3.8, 4) is 0 Å². The predicted molar refractivity (Wildman–Crippen MR) is 105 cm³/mol. The molecule has 1 saturated heterocycles. The van der Waals surface area contributed by atoms with E-state index in [4.69, 9.17) is 4.43 Å². The summed E-state index contributed by atoms with van der Waals surface area (Å²) >= 11 is 0. The summed E-state index contributed by atoms with van der Waals surface area (Å²) in [7, 11) is -1.63. The Kier molecular flexibility index (Phi) is 6.61. The molecule has 2 fully saturated rings. The molecule has 0 aromatic rings. The smallest absolute Gasteiger partial charge is 0.191 e. The monoisotopic (exact) mass is 355 g/mol. The molecule has 3 nitrogen and oxygen atoms in total. The van der Waals surface area contributed by atoms with Crippen LogP contribution in [0.3, 0.4) is 0 Å². The SMILES string of the molecule is C[C@H](CO)[C@H]1CCC[C@]12CCC[C@H](CCO[Si](C)(C)C(C)(C)C)N2. The third kappa shape index (κ3) is 4.43. The van der Waals surface area contributed by atoms with E-state index in [9.17, 15) is 5.11 Å². The van der Waals surface area contributed by atoms with Crippen LogP contribution in [0.15, 0.2) is 0 Å². The van der Waals surface area contributed by atoms with Crippen molar-refractivity contribution < 1.29 is 9.53 Å². The lowest BCUT2D eigenvalue weighted by molar-refractivity contribution is 0.0828. The van der Waals surface area contributed by atoms with Crippen molar-refractivity contribution in [2.75, 3.05) is 13.2 Å². The number of nitrogens with one attached hydrogen (secondary N) is 1. The average molecular weight is 356 g/mol. The minimum absolute atomic E-state index is 0.293. The summed E-state index contributed by atoms with van der Waals surface area (Å²) in [5, 5.41) is 14.0. The van der Waals surface area contributed by atoms with E-state index in [1.807, 2.05) is 0 Å². The zero-order chi connectivity index (χ0) is 18.0. The van der Waals surface area contributed by atoms with Gasteiger partial charge in [0.05, 0.1) is 0 Å². The van der Waals surface area contributed by atoms with Gasteiger partial charge < -0.3 is 14.8 Å². The minimum atomic E-state index is -1.63. The predicted octanol–water partition coefficient (Wildman–Crippen LogP) is 4.71. The zero-order valence-electron chi connectivity index (χ0n) is 17.0. The summed E-state index contributed by atoms with van der Waals surface area (Å²) in [5.41, 5.74) is 0.294. The fraction of sp³-hybridized carbons (Fsp3) is 1.00. The highest BCUT2D eigenvalue weighted by atomic mass is 28.4. The first-order valence-corrected chi connectivity index (χ1v) is 13.0. The minimum Gasteiger partial charge on any atom is -0.417 e. The second kappa shape index (κ2) is 7.77. The topological polar surface area (TPSA) is 41.5 Å². The van der Waals surface area contributed by atoms with E-state index in [2.05, 4.69) is 46.1 Å². The van der Waals surface area contributed by atoms with E-state index in [-0.39, 0.29) is 0 Å². The third-order valence-corrected chi connectivity index (χ3v) is 11.8. The third-order valence-electron chi connectivity index (χ3n) is 7.23. The summed E-state index contributed by atoms with van der Waals surface area (Å²) in [6, 6.07) is 0.593. The van der Waals surface area contributed by atoms with Crippen LogP contribution in [0, 0.1) is 11.8 Å². The Bertz CT molecular complexity index is 407. The van der Waals surface area contributed by atoms with E-state index in [1.165, 1.54) is 38.5 Å². The van der Waals surface area contributed by atoms with Crippen LogP contribution in [0.25, 0.3) is 0 Å². The van der Waals surface area contributed by atoms with Crippen LogP contribution in [0.1, 0.15) is 72.6 Å². The van der Waals surface area contributed by atoms with Gasteiger partial charge in [0, 0.05) is 24.8 Å². The van der Waals surface area contributed by atoms with Gasteiger partial charge in [0.1, 0.15) is 0 Å². The molecule has 2 N–H and O–H groups in total. The van der Waals surface area contributed by atoms with Crippen LogP contribution >= 0.6 is 0 Å². The van der Waals surface area contributed by atoms with E-state index >= 15 is 0 Å². The lowest BCUT2D eigenvalue weighted by atomic mass is 9.73. The fourth-order valence-corrected chi connectivity index (χ4v) is 5.71. The highest BCUT2D eigenvalue weighted by Crippen LogP contribution is 2.46. The van der Waals surface area contributed by atoms with Gasteiger partial charge in [0.25, 0.3) is 0 Å². The molecule has 0 aromatic carbocycles. The van der Waals surface area contributed by atoms with Crippen LogP contribution in [0.2, 0.25) is 18.1 Å². The van der Waals surface area contributed by atoms with Crippen molar-refractivity contribution in [2.24, 2.45) is 11.8 Å². The Balaban J connectivity index is 1.90. The maximum atomic E-state index is 9.64. The molecule has 1 aliphatic carbocycles. The highest BCUT2D eigenvalue weighted by Gasteiger charge is 2.47. The fourth-order valence-electron chi connectivity index (χ4n) is 4.65. The van der Waals surface area contributed by atoms with Crippen molar-refractivity contribution in [3.05, 3.63) is 0 Å². The quantitative estimate of drug-likeness (QED) is 0.678. The van der Waals surface area contributed by atoms with Gasteiger partial charge in [-0.15, -0.1) is 0 Å². The second-order valence-electron chi connectivity index (χ2n) is 9.95. The Morgan fingerprint density at radius 1 is 1.21 bits per heavy atom. The molecule has 1 saturated carbocycles. The van der Waals surface area contributed by atoms with E-state index in [0.29, 0.717) is 35.1 Å². The van der Waals surface area contributed by atoms with Gasteiger partial charge in [-0.05, 0) is 62.1 Å². The molecule has 24 heavy (non-hydrogen) atoms. The van der Waals surface area contributed by atoms with Crippen molar-refractivity contribution >= 4 is 8.32 Å². The maximum absolute atomic E-state index is 9.64. The summed E-state index contributed by atoms with van der Waals surface area (Å²) in [5.74, 6) is 1.06. The lowest BCUT2D eigenvalue weighted by Crippen LogP contribution is -2.57. The summed E-state index contributed by atoms with van der Waals surface area (Å²) < 4.78 is 6.40. The number of aliphatic hydroxyl groups excluding tert-OH is 1. The van der Waals surface area contributed by atoms with E-state index < -0.39 is 8.32 Å². The van der Waals surface area contributed by atoms with Crippen molar-refractivity contribution in [1.29, 1.82) is 0 Å². The zero-order valence-corrected chi connectivity index (χ0v) is 18.0. The van der Waals surface area contributed by atoms with E-state index in [1.54, 1.807) is 0 Å². The Hall–Kier alpha value is 0.0969. The molecule has 142 valence electrons. The highest BCUT2D eigenvalue weighted by molar-refractivity contribution is 6.74. The Morgan fingerprint density at radius 3 is 2.42 bits per heavy atom. The van der Waals surface area contributed by atoms with Crippen LogP contribution in [-0.2, 0) is 4.43 Å². The molecule has 0 bridgehead atoms. The van der Waals surface area contributed by atoms with Gasteiger partial charge in [-0.3, -0.25) is 0 Å². The molecule has 2 rings (SSSR count). The molecular formula is C20H41NO2Si. The first-order valence-electron chi connectivity index (χ1n) is 10.1. The normalized spacial score (nSPS) is 33.1. The van der Waals surface area contributed by atoms with Gasteiger partial charge in [-0.2, -0.15) is 0 Å². The molecule has 4 heteroatoms. The summed E-state index contributed by atoms with van der Waals surface area (Å²) in [4.78, 5) is 0. The molecular weight excluding hydrogens is 314 g/mol.